The molecular formula is C23H24N2O3. The number of aryl methyl sites for hydroxylation is 1. The molecule has 3 aromatic rings. The van der Waals surface area contributed by atoms with E-state index in [2.05, 4.69) is 36.3 Å². The molecule has 144 valence electrons. The van der Waals surface area contributed by atoms with Gasteiger partial charge in [0.2, 0.25) is 11.8 Å². The minimum atomic E-state index is -0.209. The average Bonchev–Trinajstić information content (AvgIpc) is 3.02. The highest BCUT2D eigenvalue weighted by atomic mass is 16.4. The highest BCUT2D eigenvalue weighted by molar-refractivity contribution is 5.97. The fourth-order valence-corrected chi connectivity index (χ4v) is 2.90. The van der Waals surface area contributed by atoms with Gasteiger partial charge in [-0.25, -0.2) is 4.98 Å². The quantitative estimate of drug-likeness (QED) is 0.603. The summed E-state index contributed by atoms with van der Waals surface area (Å²) in [5.41, 5.74) is 3.88. The molecule has 5 heteroatoms. The first-order valence-corrected chi connectivity index (χ1v) is 9.31. The van der Waals surface area contributed by atoms with Gasteiger partial charge in [0.25, 0.3) is 0 Å². The second kappa shape index (κ2) is 8.21. The van der Waals surface area contributed by atoms with Crippen LogP contribution in [0.15, 0.2) is 52.9 Å². The Bertz CT molecular complexity index is 1000. The number of carbonyl (C=O) groups excluding carboxylic acids is 2. The van der Waals surface area contributed by atoms with E-state index in [1.54, 1.807) is 31.2 Å². The number of Topliss-reactive ketones (excluding diaryl/α,β-unsaturated/α-hetero) is 1. The molecule has 0 aliphatic rings. The monoisotopic (exact) mass is 376 g/mol. The van der Waals surface area contributed by atoms with Crippen LogP contribution in [0.25, 0.3) is 11.5 Å². The van der Waals surface area contributed by atoms with Crippen molar-refractivity contribution in [3.05, 3.63) is 71.1 Å². The molecule has 1 aromatic heterocycles. The van der Waals surface area contributed by atoms with Gasteiger partial charge >= 0.3 is 0 Å². The van der Waals surface area contributed by atoms with Gasteiger partial charge in [-0.2, -0.15) is 0 Å². The van der Waals surface area contributed by atoms with E-state index in [9.17, 15) is 9.59 Å². The summed E-state index contributed by atoms with van der Waals surface area (Å²) in [7, 11) is 0. The predicted molar refractivity (Wildman–Crippen MR) is 110 cm³/mol. The van der Waals surface area contributed by atoms with Crippen LogP contribution in [-0.2, 0) is 11.2 Å². The standard InChI is InChI=1S/C23H24N2O3/c1-14(2)17-8-10-18(11-9-17)23-25-21(16(4)28-23)13-22(27)24-20-7-5-6-19(12-20)15(3)26/h5-12,14H,13H2,1-4H3,(H,24,27). The third kappa shape index (κ3) is 4.55. The highest BCUT2D eigenvalue weighted by Gasteiger charge is 2.15. The number of rotatable bonds is 6. The minimum absolute atomic E-state index is 0.0448. The number of ketones is 1. The van der Waals surface area contributed by atoms with Gasteiger partial charge in [-0.1, -0.05) is 38.1 Å². The number of hydrogen-bond acceptors (Lipinski definition) is 4. The molecule has 2 aromatic carbocycles. The molecule has 3 rings (SSSR count). The molecular weight excluding hydrogens is 352 g/mol. The number of benzene rings is 2. The van der Waals surface area contributed by atoms with Crippen LogP contribution in [-0.4, -0.2) is 16.7 Å². The Hall–Kier alpha value is -3.21. The Labute approximate surface area is 164 Å². The summed E-state index contributed by atoms with van der Waals surface area (Å²) in [5, 5.41) is 2.81. The first kappa shape index (κ1) is 19.5. The summed E-state index contributed by atoms with van der Waals surface area (Å²) in [4.78, 5) is 28.4. The van der Waals surface area contributed by atoms with E-state index in [4.69, 9.17) is 4.42 Å². The molecule has 0 saturated heterocycles. The van der Waals surface area contributed by atoms with Crippen LogP contribution >= 0.6 is 0 Å². The summed E-state index contributed by atoms with van der Waals surface area (Å²) in [6.07, 6.45) is 0.101. The maximum absolute atomic E-state index is 12.4. The van der Waals surface area contributed by atoms with E-state index < -0.39 is 0 Å². The second-order valence-corrected chi connectivity index (χ2v) is 7.16. The zero-order valence-corrected chi connectivity index (χ0v) is 16.6. The van der Waals surface area contributed by atoms with E-state index in [1.165, 1.54) is 12.5 Å². The van der Waals surface area contributed by atoms with Gasteiger partial charge in [0.1, 0.15) is 5.76 Å². The molecule has 0 fully saturated rings. The maximum atomic E-state index is 12.4. The molecule has 5 nitrogen and oxygen atoms in total. The van der Waals surface area contributed by atoms with Crippen molar-refractivity contribution >= 4 is 17.4 Å². The summed E-state index contributed by atoms with van der Waals surface area (Å²) in [6.45, 7) is 7.59. The fourth-order valence-electron chi connectivity index (χ4n) is 2.90. The Morgan fingerprint density at radius 1 is 1.11 bits per heavy atom. The summed E-state index contributed by atoms with van der Waals surface area (Å²) in [5.74, 6) is 1.33. The van der Waals surface area contributed by atoms with Crippen molar-refractivity contribution in [2.24, 2.45) is 0 Å². The van der Waals surface area contributed by atoms with Crippen LogP contribution in [0.5, 0.6) is 0 Å². The lowest BCUT2D eigenvalue weighted by molar-refractivity contribution is -0.115. The van der Waals surface area contributed by atoms with Gasteiger partial charge < -0.3 is 9.73 Å². The third-order valence-corrected chi connectivity index (χ3v) is 4.60. The lowest BCUT2D eigenvalue weighted by Crippen LogP contribution is -2.15. The maximum Gasteiger partial charge on any atom is 0.230 e. The van der Waals surface area contributed by atoms with Crippen LogP contribution in [0.3, 0.4) is 0 Å². The summed E-state index contributed by atoms with van der Waals surface area (Å²) >= 11 is 0. The van der Waals surface area contributed by atoms with Crippen LogP contribution in [0.2, 0.25) is 0 Å². The molecule has 0 spiro atoms. The zero-order valence-electron chi connectivity index (χ0n) is 16.6. The second-order valence-electron chi connectivity index (χ2n) is 7.16. The van der Waals surface area contributed by atoms with Crippen molar-refractivity contribution in [2.75, 3.05) is 5.32 Å². The molecule has 0 atom stereocenters. The number of oxazole rings is 1. The fraction of sp³-hybridized carbons (Fsp3) is 0.261. The van der Waals surface area contributed by atoms with Gasteiger partial charge in [-0.15, -0.1) is 0 Å². The molecule has 0 bridgehead atoms. The predicted octanol–water partition coefficient (Wildman–Crippen LogP) is 5.16. The van der Waals surface area contributed by atoms with Crippen molar-refractivity contribution in [3.8, 4) is 11.5 Å². The Balaban J connectivity index is 1.72. The van der Waals surface area contributed by atoms with Gasteiger partial charge in [-0.3, -0.25) is 9.59 Å². The van der Waals surface area contributed by atoms with Gasteiger partial charge in [0.05, 0.1) is 12.1 Å². The van der Waals surface area contributed by atoms with Crippen molar-refractivity contribution in [1.82, 2.24) is 4.98 Å². The molecule has 1 heterocycles. The van der Waals surface area contributed by atoms with Crippen LogP contribution in [0, 0.1) is 6.92 Å². The van der Waals surface area contributed by atoms with Crippen molar-refractivity contribution in [2.45, 2.75) is 40.0 Å². The van der Waals surface area contributed by atoms with Crippen molar-refractivity contribution in [3.63, 3.8) is 0 Å². The van der Waals surface area contributed by atoms with Gasteiger partial charge in [-0.05, 0) is 49.6 Å². The summed E-state index contributed by atoms with van der Waals surface area (Å²) < 4.78 is 5.77. The number of hydrogen-bond donors (Lipinski definition) is 1. The smallest absolute Gasteiger partial charge is 0.230 e. The first-order chi connectivity index (χ1) is 13.3. The van der Waals surface area contributed by atoms with Crippen molar-refractivity contribution in [1.29, 1.82) is 0 Å². The third-order valence-electron chi connectivity index (χ3n) is 4.60. The number of aromatic nitrogens is 1. The van der Waals surface area contributed by atoms with E-state index in [0.29, 0.717) is 34.5 Å². The largest absolute Gasteiger partial charge is 0.441 e. The SMILES string of the molecule is CC(=O)c1cccc(NC(=O)Cc2nc(-c3ccc(C(C)C)cc3)oc2C)c1. The molecule has 0 aliphatic heterocycles. The zero-order chi connectivity index (χ0) is 20.3. The van der Waals surface area contributed by atoms with E-state index in [0.717, 1.165) is 5.56 Å². The Morgan fingerprint density at radius 2 is 1.82 bits per heavy atom. The van der Waals surface area contributed by atoms with Crippen LogP contribution in [0.4, 0.5) is 5.69 Å². The lowest BCUT2D eigenvalue weighted by atomic mass is 10.0. The Morgan fingerprint density at radius 3 is 2.46 bits per heavy atom. The molecule has 28 heavy (non-hydrogen) atoms. The van der Waals surface area contributed by atoms with Crippen molar-refractivity contribution < 1.29 is 14.0 Å². The van der Waals surface area contributed by atoms with E-state index >= 15 is 0 Å². The molecule has 0 radical (unpaired) electrons. The number of anilines is 1. The number of nitrogens with zero attached hydrogens (tertiary/aromatic N) is 1. The topological polar surface area (TPSA) is 72.2 Å². The number of carbonyl (C=O) groups is 2. The van der Waals surface area contributed by atoms with E-state index in [-0.39, 0.29) is 18.1 Å². The number of nitrogens with one attached hydrogen (secondary N) is 1. The molecule has 0 unspecified atom stereocenters. The molecule has 0 saturated carbocycles. The lowest BCUT2D eigenvalue weighted by Gasteiger charge is -2.05. The molecule has 0 aliphatic carbocycles. The minimum Gasteiger partial charge on any atom is -0.441 e. The van der Waals surface area contributed by atoms with Gasteiger partial charge in [0, 0.05) is 16.8 Å². The van der Waals surface area contributed by atoms with Crippen LogP contribution in [0.1, 0.15) is 54.1 Å². The van der Waals surface area contributed by atoms with E-state index in [1.807, 2.05) is 12.1 Å². The molecule has 1 amide bonds. The summed E-state index contributed by atoms with van der Waals surface area (Å²) in [6, 6.07) is 15.0. The Kier molecular flexibility index (Phi) is 5.73. The first-order valence-electron chi connectivity index (χ1n) is 9.31. The van der Waals surface area contributed by atoms with Crippen LogP contribution < -0.4 is 5.32 Å². The van der Waals surface area contributed by atoms with Gasteiger partial charge in [0.15, 0.2) is 5.78 Å². The number of amides is 1. The normalized spacial score (nSPS) is 10.9. The average molecular weight is 376 g/mol. The molecule has 1 N–H and O–H groups in total. The highest BCUT2D eigenvalue weighted by Crippen LogP contribution is 2.24.